The standard InChI is InChI=1S/C17H19N5O/c1-11-9-15(19-13(3)14-7-5-4-6-8-14)20-17(18-11)21-16-10-12(2)23-22-16/h4-10,13H,1-3H3,(H2,18,19,20,21,22). The molecule has 118 valence electrons. The molecule has 2 N–H and O–H groups in total. The van der Waals surface area contributed by atoms with Crippen LogP contribution >= 0.6 is 0 Å². The first-order valence-electron chi connectivity index (χ1n) is 7.47. The topological polar surface area (TPSA) is 75.9 Å². The van der Waals surface area contributed by atoms with Crippen LogP contribution in [0.15, 0.2) is 47.0 Å². The minimum atomic E-state index is 0.146. The summed E-state index contributed by atoms with van der Waals surface area (Å²) in [6.45, 7) is 5.87. The highest BCUT2D eigenvalue weighted by Crippen LogP contribution is 2.20. The Hall–Kier alpha value is -2.89. The number of aryl methyl sites for hydroxylation is 2. The van der Waals surface area contributed by atoms with Crippen LogP contribution < -0.4 is 10.6 Å². The molecule has 6 heteroatoms. The van der Waals surface area contributed by atoms with Gasteiger partial charge in [0, 0.05) is 23.9 Å². The summed E-state index contributed by atoms with van der Waals surface area (Å²) < 4.78 is 5.04. The molecule has 1 aromatic carbocycles. The molecule has 0 radical (unpaired) electrons. The number of hydrogen-bond donors (Lipinski definition) is 2. The summed E-state index contributed by atoms with van der Waals surface area (Å²) in [7, 11) is 0. The van der Waals surface area contributed by atoms with Crippen molar-refractivity contribution in [1.29, 1.82) is 0 Å². The first-order valence-corrected chi connectivity index (χ1v) is 7.47. The zero-order valence-corrected chi connectivity index (χ0v) is 13.4. The van der Waals surface area contributed by atoms with Crippen LogP contribution in [0.2, 0.25) is 0 Å². The lowest BCUT2D eigenvalue weighted by Gasteiger charge is -2.15. The van der Waals surface area contributed by atoms with Crippen molar-refractivity contribution >= 4 is 17.6 Å². The summed E-state index contributed by atoms with van der Waals surface area (Å²) in [5.41, 5.74) is 2.07. The van der Waals surface area contributed by atoms with Crippen molar-refractivity contribution in [1.82, 2.24) is 15.1 Å². The second-order valence-electron chi connectivity index (χ2n) is 5.44. The van der Waals surface area contributed by atoms with Crippen LogP contribution in [0.3, 0.4) is 0 Å². The lowest BCUT2D eigenvalue weighted by molar-refractivity contribution is 0.400. The largest absolute Gasteiger partial charge is 0.363 e. The minimum absolute atomic E-state index is 0.146. The zero-order chi connectivity index (χ0) is 16.2. The lowest BCUT2D eigenvalue weighted by atomic mass is 10.1. The van der Waals surface area contributed by atoms with Crippen molar-refractivity contribution in [2.45, 2.75) is 26.8 Å². The Balaban J connectivity index is 1.77. The minimum Gasteiger partial charge on any atom is -0.363 e. The maximum atomic E-state index is 5.04. The van der Waals surface area contributed by atoms with Gasteiger partial charge in [-0.05, 0) is 26.3 Å². The summed E-state index contributed by atoms with van der Waals surface area (Å²) in [5.74, 6) is 2.57. The van der Waals surface area contributed by atoms with E-state index in [4.69, 9.17) is 4.52 Å². The van der Waals surface area contributed by atoms with Gasteiger partial charge in [-0.25, -0.2) is 4.98 Å². The molecule has 0 saturated carbocycles. The molecule has 0 fully saturated rings. The van der Waals surface area contributed by atoms with E-state index in [2.05, 4.69) is 44.8 Å². The van der Waals surface area contributed by atoms with Crippen molar-refractivity contribution in [3.8, 4) is 0 Å². The molecule has 0 aliphatic rings. The third-order valence-corrected chi connectivity index (χ3v) is 3.39. The Morgan fingerprint density at radius 1 is 1.00 bits per heavy atom. The molecule has 0 spiro atoms. The third-order valence-electron chi connectivity index (χ3n) is 3.39. The van der Waals surface area contributed by atoms with Crippen LogP contribution in [0.5, 0.6) is 0 Å². The fraction of sp³-hybridized carbons (Fsp3) is 0.235. The van der Waals surface area contributed by atoms with Gasteiger partial charge in [-0.2, -0.15) is 4.98 Å². The highest BCUT2D eigenvalue weighted by molar-refractivity contribution is 5.51. The van der Waals surface area contributed by atoms with Crippen molar-refractivity contribution < 1.29 is 4.52 Å². The van der Waals surface area contributed by atoms with Crippen molar-refractivity contribution in [2.75, 3.05) is 10.6 Å². The van der Waals surface area contributed by atoms with Crippen LogP contribution in [0, 0.1) is 13.8 Å². The third kappa shape index (κ3) is 3.85. The van der Waals surface area contributed by atoms with Crippen LogP contribution in [-0.2, 0) is 0 Å². The smallest absolute Gasteiger partial charge is 0.230 e. The lowest BCUT2D eigenvalue weighted by Crippen LogP contribution is -2.09. The molecular formula is C17H19N5O. The Bertz CT molecular complexity index is 785. The molecule has 0 aliphatic carbocycles. The molecular weight excluding hydrogens is 290 g/mol. The molecule has 1 atom stereocenters. The van der Waals surface area contributed by atoms with Gasteiger partial charge < -0.3 is 15.2 Å². The summed E-state index contributed by atoms with van der Waals surface area (Å²) in [6, 6.07) is 14.1. The number of rotatable bonds is 5. The highest BCUT2D eigenvalue weighted by Gasteiger charge is 2.09. The quantitative estimate of drug-likeness (QED) is 0.742. The van der Waals surface area contributed by atoms with Crippen LogP contribution in [0.1, 0.15) is 30.0 Å². The fourth-order valence-corrected chi connectivity index (χ4v) is 2.29. The number of hydrogen-bond acceptors (Lipinski definition) is 6. The first kappa shape index (κ1) is 15.0. The summed E-state index contributed by atoms with van der Waals surface area (Å²) in [5, 5.41) is 10.3. The van der Waals surface area contributed by atoms with E-state index in [0.29, 0.717) is 11.8 Å². The average molecular weight is 309 g/mol. The van der Waals surface area contributed by atoms with Crippen LogP contribution in [0.25, 0.3) is 0 Å². The van der Waals surface area contributed by atoms with Gasteiger partial charge >= 0.3 is 0 Å². The zero-order valence-electron chi connectivity index (χ0n) is 13.4. The van der Waals surface area contributed by atoms with E-state index in [1.807, 2.05) is 38.1 Å². The van der Waals surface area contributed by atoms with Gasteiger partial charge in [-0.15, -0.1) is 0 Å². The number of benzene rings is 1. The Morgan fingerprint density at radius 2 is 1.78 bits per heavy atom. The predicted octanol–water partition coefficient (Wildman–Crippen LogP) is 4.00. The van der Waals surface area contributed by atoms with Gasteiger partial charge in [0.2, 0.25) is 5.95 Å². The van der Waals surface area contributed by atoms with E-state index in [1.54, 1.807) is 6.07 Å². The van der Waals surface area contributed by atoms with E-state index >= 15 is 0 Å². The van der Waals surface area contributed by atoms with Crippen molar-refractivity contribution in [3.05, 3.63) is 59.5 Å². The number of nitrogens with one attached hydrogen (secondary N) is 2. The Kier molecular flexibility index (Phi) is 4.23. The molecule has 0 amide bonds. The van der Waals surface area contributed by atoms with E-state index in [0.717, 1.165) is 17.3 Å². The van der Waals surface area contributed by atoms with E-state index in [9.17, 15) is 0 Å². The second-order valence-corrected chi connectivity index (χ2v) is 5.44. The molecule has 0 aliphatic heterocycles. The van der Waals surface area contributed by atoms with Gasteiger partial charge in [-0.1, -0.05) is 35.5 Å². The molecule has 6 nitrogen and oxygen atoms in total. The highest BCUT2D eigenvalue weighted by atomic mass is 16.5. The number of anilines is 3. The monoisotopic (exact) mass is 309 g/mol. The maximum Gasteiger partial charge on any atom is 0.230 e. The summed E-state index contributed by atoms with van der Waals surface area (Å²) in [4.78, 5) is 8.86. The molecule has 2 aromatic heterocycles. The van der Waals surface area contributed by atoms with Crippen molar-refractivity contribution in [2.24, 2.45) is 0 Å². The normalized spacial score (nSPS) is 12.0. The molecule has 2 heterocycles. The van der Waals surface area contributed by atoms with Crippen LogP contribution in [-0.4, -0.2) is 15.1 Å². The van der Waals surface area contributed by atoms with E-state index in [1.165, 1.54) is 5.56 Å². The molecule has 23 heavy (non-hydrogen) atoms. The van der Waals surface area contributed by atoms with Crippen molar-refractivity contribution in [3.63, 3.8) is 0 Å². The van der Waals surface area contributed by atoms with Gasteiger partial charge in [0.25, 0.3) is 0 Å². The van der Waals surface area contributed by atoms with Gasteiger partial charge in [0.05, 0.1) is 0 Å². The van der Waals surface area contributed by atoms with Gasteiger partial charge in [-0.3, -0.25) is 0 Å². The first-order chi connectivity index (χ1) is 11.1. The summed E-state index contributed by atoms with van der Waals surface area (Å²) in [6.07, 6.45) is 0. The second kappa shape index (κ2) is 6.48. The molecule has 3 rings (SSSR count). The fourth-order valence-electron chi connectivity index (χ4n) is 2.29. The van der Waals surface area contributed by atoms with E-state index in [-0.39, 0.29) is 6.04 Å². The molecule has 0 saturated heterocycles. The summed E-state index contributed by atoms with van der Waals surface area (Å²) >= 11 is 0. The SMILES string of the molecule is Cc1cc(NC(C)c2ccccc2)nc(Nc2cc(C)on2)n1. The molecule has 1 unspecified atom stereocenters. The number of aromatic nitrogens is 3. The Morgan fingerprint density at radius 3 is 2.48 bits per heavy atom. The van der Waals surface area contributed by atoms with Gasteiger partial charge in [0.1, 0.15) is 11.6 Å². The molecule has 3 aromatic rings. The molecule has 0 bridgehead atoms. The average Bonchev–Trinajstić information content (AvgIpc) is 2.92. The van der Waals surface area contributed by atoms with E-state index < -0.39 is 0 Å². The maximum absolute atomic E-state index is 5.04. The number of nitrogens with zero attached hydrogens (tertiary/aromatic N) is 3. The van der Waals surface area contributed by atoms with Gasteiger partial charge in [0.15, 0.2) is 5.82 Å². The Labute approximate surface area is 135 Å². The van der Waals surface area contributed by atoms with Crippen LogP contribution in [0.4, 0.5) is 17.6 Å². The predicted molar refractivity (Wildman–Crippen MR) is 89.8 cm³/mol.